The number of hydrogen-bond donors (Lipinski definition) is 0. The van der Waals surface area contributed by atoms with Crippen molar-refractivity contribution >= 4 is 57.6 Å². The van der Waals surface area contributed by atoms with E-state index in [0.29, 0.717) is 40.1 Å². The van der Waals surface area contributed by atoms with Gasteiger partial charge in [-0.2, -0.15) is 0 Å². The van der Waals surface area contributed by atoms with E-state index in [-0.39, 0.29) is 11.8 Å². The summed E-state index contributed by atoms with van der Waals surface area (Å²) in [5, 5.41) is 2.63. The maximum Gasteiger partial charge on any atom is 0.282 e. The third-order valence-electron chi connectivity index (χ3n) is 4.80. The SMILES string of the molecule is CN1CCN(C2=C(c3cccs3)C(=O)N(c3cc(Cl)ccc3Cl)C2=O)CC1. The lowest BCUT2D eigenvalue weighted by molar-refractivity contribution is -0.120. The highest BCUT2D eigenvalue weighted by Gasteiger charge is 2.44. The van der Waals surface area contributed by atoms with Gasteiger partial charge in [-0.1, -0.05) is 29.3 Å². The number of hydrogen-bond acceptors (Lipinski definition) is 5. The summed E-state index contributed by atoms with van der Waals surface area (Å²) in [4.78, 5) is 32.8. The number of imide groups is 1. The van der Waals surface area contributed by atoms with Crippen molar-refractivity contribution in [3.8, 4) is 0 Å². The Morgan fingerprint density at radius 3 is 2.41 bits per heavy atom. The zero-order valence-electron chi connectivity index (χ0n) is 14.6. The number of carbonyl (C=O) groups excluding carboxylic acids is 2. The number of piperazine rings is 1. The summed E-state index contributed by atoms with van der Waals surface area (Å²) in [6, 6.07) is 8.52. The Labute approximate surface area is 171 Å². The Balaban J connectivity index is 1.81. The first-order chi connectivity index (χ1) is 13.0. The van der Waals surface area contributed by atoms with Gasteiger partial charge in [-0.3, -0.25) is 9.59 Å². The van der Waals surface area contributed by atoms with Crippen molar-refractivity contribution in [2.75, 3.05) is 38.1 Å². The molecule has 8 heteroatoms. The lowest BCUT2D eigenvalue weighted by Crippen LogP contribution is -2.46. The minimum atomic E-state index is -0.361. The zero-order chi connectivity index (χ0) is 19.1. The first-order valence-electron chi connectivity index (χ1n) is 8.53. The molecule has 2 aliphatic heterocycles. The fourth-order valence-corrected chi connectivity index (χ4v) is 4.49. The van der Waals surface area contributed by atoms with E-state index in [4.69, 9.17) is 23.2 Å². The predicted molar refractivity (Wildman–Crippen MR) is 109 cm³/mol. The molecule has 0 spiro atoms. The fourth-order valence-electron chi connectivity index (χ4n) is 3.36. The van der Waals surface area contributed by atoms with Crippen LogP contribution < -0.4 is 4.90 Å². The van der Waals surface area contributed by atoms with Gasteiger partial charge < -0.3 is 9.80 Å². The van der Waals surface area contributed by atoms with Crippen molar-refractivity contribution in [3.63, 3.8) is 0 Å². The molecule has 2 aromatic rings. The third-order valence-corrected chi connectivity index (χ3v) is 6.24. The van der Waals surface area contributed by atoms with E-state index in [9.17, 15) is 9.59 Å². The number of benzene rings is 1. The summed E-state index contributed by atoms with van der Waals surface area (Å²) in [5.41, 5.74) is 1.21. The first-order valence-corrected chi connectivity index (χ1v) is 10.2. The quantitative estimate of drug-likeness (QED) is 0.710. The number of anilines is 1. The Morgan fingerprint density at radius 1 is 1.00 bits per heavy atom. The van der Waals surface area contributed by atoms with E-state index in [1.807, 2.05) is 29.5 Å². The topological polar surface area (TPSA) is 43.9 Å². The molecule has 3 heterocycles. The average Bonchev–Trinajstić information content (AvgIpc) is 3.25. The molecule has 0 saturated carbocycles. The molecule has 0 bridgehead atoms. The van der Waals surface area contributed by atoms with Gasteiger partial charge in [0.25, 0.3) is 11.8 Å². The van der Waals surface area contributed by atoms with Crippen molar-refractivity contribution in [2.24, 2.45) is 0 Å². The van der Waals surface area contributed by atoms with Crippen molar-refractivity contribution in [1.82, 2.24) is 9.80 Å². The molecule has 4 rings (SSSR count). The Morgan fingerprint density at radius 2 is 1.74 bits per heavy atom. The second-order valence-electron chi connectivity index (χ2n) is 6.53. The van der Waals surface area contributed by atoms with Crippen LogP contribution in [0.15, 0.2) is 41.4 Å². The number of halogens is 2. The Bertz CT molecular complexity index is 934. The van der Waals surface area contributed by atoms with Crippen LogP contribution in [0.25, 0.3) is 5.57 Å². The molecule has 1 fully saturated rings. The number of rotatable bonds is 3. The molecule has 140 valence electrons. The van der Waals surface area contributed by atoms with Crippen molar-refractivity contribution in [2.45, 2.75) is 0 Å². The molecule has 1 saturated heterocycles. The van der Waals surface area contributed by atoms with Crippen LogP contribution in [0.4, 0.5) is 5.69 Å². The molecule has 0 atom stereocenters. The normalized spacial score (nSPS) is 18.8. The van der Waals surface area contributed by atoms with Crippen LogP contribution in [0, 0.1) is 0 Å². The van der Waals surface area contributed by atoms with E-state index in [0.717, 1.165) is 22.9 Å². The van der Waals surface area contributed by atoms with Gasteiger partial charge in [0.2, 0.25) is 0 Å². The van der Waals surface area contributed by atoms with Crippen molar-refractivity contribution < 1.29 is 9.59 Å². The highest BCUT2D eigenvalue weighted by Crippen LogP contribution is 2.39. The van der Waals surface area contributed by atoms with Crippen molar-refractivity contribution in [3.05, 3.63) is 56.3 Å². The van der Waals surface area contributed by atoms with Crippen LogP contribution in [0.3, 0.4) is 0 Å². The maximum absolute atomic E-state index is 13.4. The van der Waals surface area contributed by atoms with E-state index in [1.165, 1.54) is 11.3 Å². The van der Waals surface area contributed by atoms with Gasteiger partial charge in [-0.15, -0.1) is 11.3 Å². The maximum atomic E-state index is 13.4. The van der Waals surface area contributed by atoms with E-state index in [2.05, 4.69) is 4.90 Å². The molecule has 0 N–H and O–H groups in total. The molecule has 0 radical (unpaired) electrons. The molecular weight excluding hydrogens is 405 g/mol. The summed E-state index contributed by atoms with van der Waals surface area (Å²) >= 11 is 13.8. The summed E-state index contributed by atoms with van der Waals surface area (Å²) in [6.45, 7) is 3.05. The molecule has 2 amide bonds. The summed E-state index contributed by atoms with van der Waals surface area (Å²) in [5.74, 6) is -0.710. The second kappa shape index (κ2) is 7.28. The average molecular weight is 422 g/mol. The summed E-state index contributed by atoms with van der Waals surface area (Å²) < 4.78 is 0. The van der Waals surface area contributed by atoms with Gasteiger partial charge in [0.1, 0.15) is 5.70 Å². The molecule has 2 aliphatic rings. The Hall–Kier alpha value is -1.86. The van der Waals surface area contributed by atoms with Gasteiger partial charge in [-0.25, -0.2) is 4.90 Å². The number of amides is 2. The summed E-state index contributed by atoms with van der Waals surface area (Å²) in [6.07, 6.45) is 0. The van der Waals surface area contributed by atoms with Crippen LogP contribution in [0.1, 0.15) is 4.88 Å². The standard InChI is InChI=1S/C19H17Cl2N3O2S/c1-22-6-8-23(9-7-22)17-16(15-3-2-10-27-15)18(25)24(19(17)26)14-11-12(20)4-5-13(14)21/h2-5,10-11H,6-9H2,1H3. The Kier molecular flexibility index (Phi) is 4.99. The number of thiophene rings is 1. The smallest absolute Gasteiger partial charge is 0.282 e. The van der Waals surface area contributed by atoms with Crippen LogP contribution in [-0.2, 0) is 9.59 Å². The van der Waals surface area contributed by atoms with E-state index in [1.54, 1.807) is 18.2 Å². The minimum absolute atomic E-state index is 0.311. The fraction of sp³-hybridized carbons (Fsp3) is 0.263. The minimum Gasteiger partial charge on any atom is -0.364 e. The van der Waals surface area contributed by atoms with Gasteiger partial charge in [-0.05, 0) is 36.7 Å². The van der Waals surface area contributed by atoms with Crippen LogP contribution >= 0.6 is 34.5 Å². The van der Waals surface area contributed by atoms with Crippen LogP contribution in [-0.4, -0.2) is 54.8 Å². The number of carbonyl (C=O) groups is 2. The number of nitrogens with zero attached hydrogens (tertiary/aromatic N) is 3. The molecule has 1 aromatic heterocycles. The van der Waals surface area contributed by atoms with Gasteiger partial charge in [0.15, 0.2) is 0 Å². The predicted octanol–water partition coefficient (Wildman–Crippen LogP) is 3.59. The van der Waals surface area contributed by atoms with Gasteiger partial charge >= 0.3 is 0 Å². The first kappa shape index (κ1) is 18.5. The molecule has 27 heavy (non-hydrogen) atoms. The highest BCUT2D eigenvalue weighted by molar-refractivity contribution is 7.11. The molecule has 0 aliphatic carbocycles. The van der Waals surface area contributed by atoms with Gasteiger partial charge in [0.05, 0.1) is 16.3 Å². The number of likely N-dealkylation sites (N-methyl/N-ethyl adjacent to an activating group) is 1. The van der Waals surface area contributed by atoms with Crippen molar-refractivity contribution in [1.29, 1.82) is 0 Å². The largest absolute Gasteiger partial charge is 0.364 e. The monoisotopic (exact) mass is 421 g/mol. The second-order valence-corrected chi connectivity index (χ2v) is 8.32. The molecule has 0 unspecified atom stereocenters. The van der Waals surface area contributed by atoms with E-state index < -0.39 is 0 Å². The van der Waals surface area contributed by atoms with Gasteiger partial charge in [0, 0.05) is 36.1 Å². The molecule has 1 aromatic carbocycles. The van der Waals surface area contributed by atoms with E-state index >= 15 is 0 Å². The zero-order valence-corrected chi connectivity index (χ0v) is 16.9. The lowest BCUT2D eigenvalue weighted by atomic mass is 10.1. The summed E-state index contributed by atoms with van der Waals surface area (Å²) in [7, 11) is 2.05. The third kappa shape index (κ3) is 3.27. The molecule has 5 nitrogen and oxygen atoms in total. The highest BCUT2D eigenvalue weighted by atomic mass is 35.5. The molecular formula is C19H17Cl2N3O2S. The van der Waals surface area contributed by atoms with Crippen LogP contribution in [0.5, 0.6) is 0 Å². The van der Waals surface area contributed by atoms with Crippen LogP contribution in [0.2, 0.25) is 10.0 Å². The lowest BCUT2D eigenvalue weighted by Gasteiger charge is -2.34.